The molecule has 1 aliphatic rings. The SMILES string of the molecule is COc1cc(/C=C2\SC(=O)N(CC(=O)Nc3ccc(F)cc3)C2=O)c(Br)cc1OCc1ccc(Cl)c(Cl)c1. The second-order valence-electron chi connectivity index (χ2n) is 7.88. The van der Waals surface area contributed by atoms with Crippen LogP contribution in [-0.4, -0.2) is 35.6 Å². The number of benzene rings is 3. The van der Waals surface area contributed by atoms with Crippen molar-refractivity contribution in [1.29, 1.82) is 0 Å². The zero-order valence-corrected chi connectivity index (χ0v) is 23.5. The molecular weight excluding hydrogens is 622 g/mol. The first-order chi connectivity index (χ1) is 18.1. The minimum absolute atomic E-state index is 0.136. The number of carbonyl (C=O) groups excluding carboxylic acids is 3. The van der Waals surface area contributed by atoms with Crippen LogP contribution in [0.15, 0.2) is 64.0 Å². The third-order valence-electron chi connectivity index (χ3n) is 5.25. The fourth-order valence-corrected chi connectivity index (χ4v) is 4.97. The van der Waals surface area contributed by atoms with Crippen molar-refractivity contribution in [2.45, 2.75) is 6.61 Å². The van der Waals surface area contributed by atoms with Crippen molar-refractivity contribution in [3.8, 4) is 11.5 Å². The molecule has 3 aromatic rings. The molecule has 1 aliphatic heterocycles. The largest absolute Gasteiger partial charge is 0.493 e. The lowest BCUT2D eigenvalue weighted by Gasteiger charge is -2.14. The van der Waals surface area contributed by atoms with Crippen LogP contribution in [-0.2, 0) is 16.2 Å². The molecule has 1 fully saturated rings. The van der Waals surface area contributed by atoms with Crippen LogP contribution in [0, 0.1) is 5.82 Å². The molecule has 3 aromatic carbocycles. The number of hydrogen-bond acceptors (Lipinski definition) is 6. The Morgan fingerprint density at radius 2 is 1.82 bits per heavy atom. The van der Waals surface area contributed by atoms with E-state index in [2.05, 4.69) is 21.2 Å². The highest BCUT2D eigenvalue weighted by Gasteiger charge is 2.36. The Morgan fingerprint density at radius 3 is 2.50 bits per heavy atom. The van der Waals surface area contributed by atoms with Crippen LogP contribution in [0.1, 0.15) is 11.1 Å². The Kier molecular flexibility index (Phi) is 8.99. The van der Waals surface area contributed by atoms with E-state index in [4.69, 9.17) is 32.7 Å². The number of thioether (sulfide) groups is 1. The predicted molar refractivity (Wildman–Crippen MR) is 149 cm³/mol. The van der Waals surface area contributed by atoms with Gasteiger partial charge in [0.2, 0.25) is 5.91 Å². The maximum absolute atomic E-state index is 13.1. The number of nitrogens with zero attached hydrogens (tertiary/aromatic N) is 1. The molecule has 0 bridgehead atoms. The van der Waals surface area contributed by atoms with E-state index >= 15 is 0 Å². The summed E-state index contributed by atoms with van der Waals surface area (Å²) in [6.45, 7) is -0.275. The van der Waals surface area contributed by atoms with E-state index in [1.165, 1.54) is 37.5 Å². The van der Waals surface area contributed by atoms with Crippen LogP contribution < -0.4 is 14.8 Å². The summed E-state index contributed by atoms with van der Waals surface area (Å²) in [4.78, 5) is 38.7. The first-order valence-electron chi connectivity index (χ1n) is 10.9. The molecule has 1 heterocycles. The maximum atomic E-state index is 13.1. The number of nitrogens with one attached hydrogen (secondary N) is 1. The highest BCUT2D eigenvalue weighted by atomic mass is 79.9. The quantitative estimate of drug-likeness (QED) is 0.263. The van der Waals surface area contributed by atoms with Gasteiger partial charge in [-0.25, -0.2) is 4.39 Å². The Morgan fingerprint density at radius 1 is 1.08 bits per heavy atom. The molecule has 0 atom stereocenters. The van der Waals surface area contributed by atoms with Crippen LogP contribution in [0.2, 0.25) is 10.0 Å². The number of hydrogen-bond donors (Lipinski definition) is 1. The number of imide groups is 1. The topological polar surface area (TPSA) is 84.9 Å². The van der Waals surface area contributed by atoms with E-state index in [1.54, 1.807) is 30.3 Å². The number of rotatable bonds is 8. The number of halogens is 4. The molecule has 0 spiro atoms. The van der Waals surface area contributed by atoms with Gasteiger partial charge in [-0.2, -0.15) is 0 Å². The van der Waals surface area contributed by atoms with E-state index in [0.29, 0.717) is 49.0 Å². The zero-order chi connectivity index (χ0) is 27.4. The molecule has 3 amide bonds. The van der Waals surface area contributed by atoms with Crippen molar-refractivity contribution in [3.63, 3.8) is 0 Å². The molecule has 1 N–H and O–H groups in total. The van der Waals surface area contributed by atoms with E-state index in [1.807, 2.05) is 0 Å². The molecule has 0 radical (unpaired) electrons. The number of ether oxygens (including phenoxy) is 2. The summed E-state index contributed by atoms with van der Waals surface area (Å²) in [5.41, 5.74) is 1.71. The van der Waals surface area contributed by atoms with E-state index in [-0.39, 0.29) is 11.5 Å². The average molecular weight is 640 g/mol. The molecular formula is C26H18BrCl2FN2O5S. The second kappa shape index (κ2) is 12.2. The highest BCUT2D eigenvalue weighted by Crippen LogP contribution is 2.38. The van der Waals surface area contributed by atoms with Crippen LogP contribution in [0.25, 0.3) is 6.08 Å². The van der Waals surface area contributed by atoms with Gasteiger partial charge in [-0.15, -0.1) is 0 Å². The van der Waals surface area contributed by atoms with Crippen molar-refractivity contribution < 1.29 is 28.2 Å². The molecule has 0 saturated carbocycles. The third kappa shape index (κ3) is 6.68. The van der Waals surface area contributed by atoms with Crippen LogP contribution in [0.3, 0.4) is 0 Å². The summed E-state index contributed by atoms with van der Waals surface area (Å²) in [6.07, 6.45) is 1.53. The summed E-state index contributed by atoms with van der Waals surface area (Å²) in [5, 5.41) is 2.80. The molecule has 0 aliphatic carbocycles. The average Bonchev–Trinajstić information content (AvgIpc) is 3.14. The van der Waals surface area contributed by atoms with Gasteiger partial charge in [0.05, 0.1) is 22.1 Å². The molecule has 4 rings (SSSR count). The van der Waals surface area contributed by atoms with Gasteiger partial charge in [-0.1, -0.05) is 45.2 Å². The lowest BCUT2D eigenvalue weighted by atomic mass is 10.1. The summed E-state index contributed by atoms with van der Waals surface area (Å²) in [6, 6.07) is 13.6. The number of amides is 3. The van der Waals surface area contributed by atoms with E-state index in [0.717, 1.165) is 10.5 Å². The lowest BCUT2D eigenvalue weighted by Crippen LogP contribution is -2.36. The number of methoxy groups -OCH3 is 1. The fourth-order valence-electron chi connectivity index (χ4n) is 3.38. The van der Waals surface area contributed by atoms with Crippen LogP contribution >= 0.6 is 50.9 Å². The summed E-state index contributed by atoms with van der Waals surface area (Å²) >= 11 is 16.2. The van der Waals surface area contributed by atoms with Gasteiger partial charge in [0.1, 0.15) is 19.0 Å². The lowest BCUT2D eigenvalue weighted by molar-refractivity contribution is -0.127. The molecule has 1 saturated heterocycles. The minimum atomic E-state index is -0.611. The van der Waals surface area contributed by atoms with Crippen molar-refractivity contribution in [2.24, 2.45) is 0 Å². The predicted octanol–water partition coefficient (Wildman–Crippen LogP) is 7.16. The fraction of sp³-hybridized carbons (Fsp3) is 0.115. The second-order valence-corrected chi connectivity index (χ2v) is 10.5. The summed E-state index contributed by atoms with van der Waals surface area (Å²) in [5.74, 6) is -0.815. The summed E-state index contributed by atoms with van der Waals surface area (Å²) < 4.78 is 25.0. The first-order valence-corrected chi connectivity index (χ1v) is 13.3. The molecule has 196 valence electrons. The first kappa shape index (κ1) is 28.0. The van der Waals surface area contributed by atoms with Gasteiger partial charge in [0.15, 0.2) is 11.5 Å². The van der Waals surface area contributed by atoms with Gasteiger partial charge in [0, 0.05) is 10.2 Å². The van der Waals surface area contributed by atoms with Gasteiger partial charge in [-0.05, 0) is 77.5 Å². The zero-order valence-electron chi connectivity index (χ0n) is 19.6. The Balaban J connectivity index is 1.47. The molecule has 12 heteroatoms. The van der Waals surface area contributed by atoms with Crippen molar-refractivity contribution in [1.82, 2.24) is 4.90 Å². The smallest absolute Gasteiger partial charge is 0.294 e. The monoisotopic (exact) mass is 638 g/mol. The molecule has 0 aromatic heterocycles. The van der Waals surface area contributed by atoms with Crippen LogP contribution in [0.5, 0.6) is 11.5 Å². The third-order valence-corrected chi connectivity index (χ3v) is 7.58. The Hall–Kier alpha value is -3.05. The van der Waals surface area contributed by atoms with Crippen molar-refractivity contribution in [3.05, 3.63) is 91.0 Å². The minimum Gasteiger partial charge on any atom is -0.493 e. The van der Waals surface area contributed by atoms with Gasteiger partial charge >= 0.3 is 0 Å². The number of carbonyl (C=O) groups is 3. The normalized spacial score (nSPS) is 14.2. The summed E-state index contributed by atoms with van der Waals surface area (Å²) in [7, 11) is 1.48. The molecule has 38 heavy (non-hydrogen) atoms. The Labute approximate surface area is 240 Å². The van der Waals surface area contributed by atoms with Gasteiger partial charge < -0.3 is 14.8 Å². The highest BCUT2D eigenvalue weighted by molar-refractivity contribution is 9.10. The molecule has 0 unspecified atom stereocenters. The standard InChI is InChI=1S/C26H18BrCl2FN2O5S/c1-36-21-9-15(18(27)11-22(21)37-13-14-2-7-19(28)20(29)8-14)10-23-25(34)32(26(35)38-23)12-24(33)31-17-5-3-16(30)4-6-17/h2-11H,12-13H2,1H3,(H,31,33)/b23-10-. The van der Waals surface area contributed by atoms with E-state index < -0.39 is 29.4 Å². The Bertz CT molecular complexity index is 1450. The van der Waals surface area contributed by atoms with E-state index in [9.17, 15) is 18.8 Å². The van der Waals surface area contributed by atoms with Gasteiger partial charge in [-0.3, -0.25) is 19.3 Å². The van der Waals surface area contributed by atoms with Crippen molar-refractivity contribution in [2.75, 3.05) is 19.0 Å². The van der Waals surface area contributed by atoms with Crippen molar-refractivity contribution >= 4 is 79.7 Å². The molecule has 7 nitrogen and oxygen atoms in total. The van der Waals surface area contributed by atoms with Gasteiger partial charge in [0.25, 0.3) is 11.1 Å². The number of anilines is 1. The van der Waals surface area contributed by atoms with Crippen LogP contribution in [0.4, 0.5) is 14.9 Å². The maximum Gasteiger partial charge on any atom is 0.294 e.